The Bertz CT molecular complexity index is 894. The fourth-order valence-electron chi connectivity index (χ4n) is 2.18. The SMILES string of the molecule is NNc1nc(Sc2cc3ccccc3[nH]2)c2ccsc2n1. The van der Waals surface area contributed by atoms with E-state index in [4.69, 9.17) is 5.84 Å². The molecule has 0 fully saturated rings. The van der Waals surface area contributed by atoms with Crippen molar-refractivity contribution in [2.24, 2.45) is 5.84 Å². The monoisotopic (exact) mass is 313 g/mol. The van der Waals surface area contributed by atoms with Gasteiger partial charge >= 0.3 is 0 Å². The molecule has 4 aromatic rings. The molecule has 5 nitrogen and oxygen atoms in total. The summed E-state index contributed by atoms with van der Waals surface area (Å²) in [6.07, 6.45) is 0. The number of hydrazine groups is 1. The number of rotatable bonds is 3. The molecule has 0 aliphatic heterocycles. The predicted molar refractivity (Wildman–Crippen MR) is 87.6 cm³/mol. The van der Waals surface area contributed by atoms with Crippen LogP contribution in [0.1, 0.15) is 0 Å². The molecule has 21 heavy (non-hydrogen) atoms. The van der Waals surface area contributed by atoms with Crippen LogP contribution in [0.2, 0.25) is 0 Å². The van der Waals surface area contributed by atoms with Crippen LogP contribution in [0.3, 0.4) is 0 Å². The average Bonchev–Trinajstić information content (AvgIpc) is 3.12. The summed E-state index contributed by atoms with van der Waals surface area (Å²) in [5.41, 5.74) is 3.64. The fourth-order valence-corrected chi connectivity index (χ4v) is 3.97. The van der Waals surface area contributed by atoms with E-state index < -0.39 is 0 Å². The molecule has 0 aliphatic carbocycles. The highest BCUT2D eigenvalue weighted by Crippen LogP contribution is 2.35. The van der Waals surface area contributed by atoms with Gasteiger partial charge in [-0.15, -0.1) is 11.3 Å². The first kappa shape index (κ1) is 12.6. The average molecular weight is 313 g/mol. The summed E-state index contributed by atoms with van der Waals surface area (Å²) >= 11 is 3.16. The topological polar surface area (TPSA) is 79.6 Å². The molecule has 7 heteroatoms. The van der Waals surface area contributed by atoms with Gasteiger partial charge in [-0.3, -0.25) is 5.43 Å². The Hall–Kier alpha value is -2.09. The van der Waals surface area contributed by atoms with E-state index >= 15 is 0 Å². The number of nitrogens with zero attached hydrogens (tertiary/aromatic N) is 2. The second-order valence-corrected chi connectivity index (χ2v) is 6.38. The summed E-state index contributed by atoms with van der Waals surface area (Å²) < 4.78 is 0. The van der Waals surface area contributed by atoms with Crippen LogP contribution >= 0.6 is 23.1 Å². The zero-order valence-electron chi connectivity index (χ0n) is 10.8. The molecular weight excluding hydrogens is 302 g/mol. The molecule has 4 rings (SSSR count). The van der Waals surface area contributed by atoms with E-state index in [1.165, 1.54) is 5.39 Å². The Labute approximate surface area is 128 Å². The fraction of sp³-hybridized carbons (Fsp3) is 0. The molecule has 0 amide bonds. The molecule has 0 aliphatic rings. The zero-order chi connectivity index (χ0) is 14.2. The van der Waals surface area contributed by atoms with E-state index in [-0.39, 0.29) is 0 Å². The highest BCUT2D eigenvalue weighted by molar-refractivity contribution is 7.99. The summed E-state index contributed by atoms with van der Waals surface area (Å²) in [5, 5.41) is 6.18. The van der Waals surface area contributed by atoms with Gasteiger partial charge in [-0.1, -0.05) is 30.0 Å². The largest absolute Gasteiger partial charge is 0.349 e. The van der Waals surface area contributed by atoms with E-state index in [9.17, 15) is 0 Å². The maximum absolute atomic E-state index is 5.45. The van der Waals surface area contributed by atoms with Gasteiger partial charge in [-0.25, -0.2) is 15.8 Å². The van der Waals surface area contributed by atoms with Crippen molar-refractivity contribution in [1.82, 2.24) is 15.0 Å². The molecule has 0 saturated heterocycles. The summed E-state index contributed by atoms with van der Waals surface area (Å²) in [5.74, 6) is 5.88. The number of hydrogen-bond donors (Lipinski definition) is 3. The standard InChI is InChI=1S/C14H11N5S2/c15-19-14-17-12-9(5-6-20-12)13(18-14)21-11-7-8-3-1-2-4-10(8)16-11/h1-7,16H,15H2,(H,17,18,19). The van der Waals surface area contributed by atoms with Gasteiger partial charge in [-0.05, 0) is 23.6 Å². The van der Waals surface area contributed by atoms with Gasteiger partial charge in [0.15, 0.2) is 0 Å². The van der Waals surface area contributed by atoms with E-state index in [0.717, 1.165) is 25.8 Å². The minimum Gasteiger partial charge on any atom is -0.349 e. The summed E-state index contributed by atoms with van der Waals surface area (Å²) in [6.45, 7) is 0. The van der Waals surface area contributed by atoms with Crippen molar-refractivity contribution in [3.8, 4) is 0 Å². The lowest BCUT2D eigenvalue weighted by Crippen LogP contribution is -2.10. The van der Waals surface area contributed by atoms with Crippen LogP contribution in [0.5, 0.6) is 0 Å². The number of para-hydroxylation sites is 1. The summed E-state index contributed by atoms with van der Waals surface area (Å²) in [7, 11) is 0. The quantitative estimate of drug-likeness (QED) is 0.306. The number of fused-ring (bicyclic) bond motifs is 2. The van der Waals surface area contributed by atoms with Crippen LogP contribution in [-0.4, -0.2) is 15.0 Å². The van der Waals surface area contributed by atoms with Gasteiger partial charge in [0.1, 0.15) is 9.86 Å². The first-order valence-corrected chi connectivity index (χ1v) is 8.00. The van der Waals surface area contributed by atoms with Crippen molar-refractivity contribution in [2.75, 3.05) is 5.43 Å². The number of benzene rings is 1. The predicted octanol–water partition coefficient (Wildman–Crippen LogP) is 3.61. The molecule has 1 aromatic carbocycles. The van der Waals surface area contributed by atoms with Gasteiger partial charge in [-0.2, -0.15) is 0 Å². The molecule has 104 valence electrons. The molecule has 3 heterocycles. The third-order valence-electron chi connectivity index (χ3n) is 3.13. The second-order valence-electron chi connectivity index (χ2n) is 4.46. The summed E-state index contributed by atoms with van der Waals surface area (Å²) in [4.78, 5) is 13.1. The minimum absolute atomic E-state index is 0.434. The number of nitrogens with one attached hydrogen (secondary N) is 2. The number of thiophene rings is 1. The Kier molecular flexibility index (Phi) is 3.03. The number of hydrogen-bond acceptors (Lipinski definition) is 6. The first-order chi connectivity index (χ1) is 10.3. The van der Waals surface area contributed by atoms with Crippen LogP contribution < -0.4 is 11.3 Å². The molecule has 0 unspecified atom stereocenters. The smallest absolute Gasteiger partial charge is 0.239 e. The molecule has 0 spiro atoms. The lowest BCUT2D eigenvalue weighted by atomic mass is 10.3. The Morgan fingerprint density at radius 2 is 2.10 bits per heavy atom. The molecule has 4 N–H and O–H groups in total. The maximum atomic E-state index is 5.45. The number of anilines is 1. The van der Waals surface area contributed by atoms with Crippen molar-refractivity contribution >= 4 is 50.2 Å². The van der Waals surface area contributed by atoms with Crippen LogP contribution in [-0.2, 0) is 0 Å². The molecule has 3 aromatic heterocycles. The molecule has 0 saturated carbocycles. The zero-order valence-corrected chi connectivity index (χ0v) is 12.5. The van der Waals surface area contributed by atoms with Gasteiger partial charge in [0.2, 0.25) is 5.95 Å². The highest BCUT2D eigenvalue weighted by Gasteiger charge is 2.11. The van der Waals surface area contributed by atoms with Gasteiger partial charge in [0, 0.05) is 16.3 Å². The van der Waals surface area contributed by atoms with E-state index in [2.05, 4.69) is 38.6 Å². The van der Waals surface area contributed by atoms with Gasteiger partial charge < -0.3 is 4.98 Å². The van der Waals surface area contributed by atoms with Crippen LogP contribution in [0, 0.1) is 0 Å². The van der Waals surface area contributed by atoms with Crippen molar-refractivity contribution < 1.29 is 0 Å². The Balaban J connectivity index is 1.80. The number of nitrogen functional groups attached to an aromatic ring is 1. The number of aromatic nitrogens is 3. The minimum atomic E-state index is 0.434. The molecular formula is C14H11N5S2. The Morgan fingerprint density at radius 1 is 1.19 bits per heavy atom. The number of H-pyrrole nitrogens is 1. The van der Waals surface area contributed by atoms with Crippen LogP contribution in [0.15, 0.2) is 51.8 Å². The third-order valence-corrected chi connectivity index (χ3v) is 4.88. The second kappa shape index (κ2) is 5.03. The lowest BCUT2D eigenvalue weighted by Gasteiger charge is -2.03. The molecule has 0 radical (unpaired) electrons. The van der Waals surface area contributed by atoms with E-state index in [0.29, 0.717) is 5.95 Å². The van der Waals surface area contributed by atoms with Gasteiger partial charge in [0.05, 0.1) is 5.03 Å². The van der Waals surface area contributed by atoms with Crippen LogP contribution in [0.4, 0.5) is 5.95 Å². The molecule has 0 bridgehead atoms. The van der Waals surface area contributed by atoms with Crippen molar-refractivity contribution in [2.45, 2.75) is 10.1 Å². The number of nitrogens with two attached hydrogens (primary N) is 1. The van der Waals surface area contributed by atoms with Crippen molar-refractivity contribution in [3.63, 3.8) is 0 Å². The maximum Gasteiger partial charge on any atom is 0.239 e. The highest BCUT2D eigenvalue weighted by atomic mass is 32.2. The Morgan fingerprint density at radius 3 is 2.95 bits per heavy atom. The van der Waals surface area contributed by atoms with Gasteiger partial charge in [0.25, 0.3) is 0 Å². The van der Waals surface area contributed by atoms with Crippen LogP contribution in [0.25, 0.3) is 21.1 Å². The van der Waals surface area contributed by atoms with Crippen molar-refractivity contribution in [3.05, 3.63) is 41.8 Å². The molecule has 0 atom stereocenters. The summed E-state index contributed by atoms with van der Waals surface area (Å²) in [6, 6.07) is 12.4. The third kappa shape index (κ3) is 2.25. The number of aromatic amines is 1. The first-order valence-electron chi connectivity index (χ1n) is 6.31. The van der Waals surface area contributed by atoms with E-state index in [1.807, 2.05) is 23.6 Å². The normalized spacial score (nSPS) is 11.3. The van der Waals surface area contributed by atoms with Crippen molar-refractivity contribution in [1.29, 1.82) is 0 Å². The van der Waals surface area contributed by atoms with E-state index in [1.54, 1.807) is 23.1 Å². The lowest BCUT2D eigenvalue weighted by molar-refractivity contribution is 1.07.